The summed E-state index contributed by atoms with van der Waals surface area (Å²) in [6, 6.07) is 0.495. The van der Waals surface area contributed by atoms with Gasteiger partial charge in [-0.05, 0) is 24.3 Å². The van der Waals surface area contributed by atoms with E-state index in [1.807, 2.05) is 0 Å². The van der Waals surface area contributed by atoms with Crippen molar-refractivity contribution in [2.24, 2.45) is 0 Å². The molecule has 0 aromatic carbocycles. The van der Waals surface area contributed by atoms with E-state index in [4.69, 9.17) is 5.11 Å². The maximum absolute atomic E-state index is 12.5. The molecule has 20 heavy (non-hydrogen) atoms. The van der Waals surface area contributed by atoms with Gasteiger partial charge in [-0.15, -0.1) is 11.3 Å². The number of likely N-dealkylation sites (N-methyl/N-ethyl adjacent to an activating group) is 1. The lowest BCUT2D eigenvalue weighted by Gasteiger charge is -2.22. The number of nitrogens with zero attached hydrogens (tertiary/aromatic N) is 1. The molecule has 0 radical (unpaired) electrons. The predicted molar refractivity (Wildman–Crippen MR) is 72.3 cm³/mol. The molecule has 7 nitrogen and oxygen atoms in total. The molecule has 9 heteroatoms. The number of hydrogen-bond donors (Lipinski definition) is 2. The maximum Gasteiger partial charge on any atom is 0.347 e. The summed E-state index contributed by atoms with van der Waals surface area (Å²) in [6.45, 7) is 0.218. The zero-order valence-electron chi connectivity index (χ0n) is 10.7. The van der Waals surface area contributed by atoms with Crippen LogP contribution in [0.3, 0.4) is 0 Å². The molecule has 1 aliphatic heterocycles. The molecule has 2 rings (SSSR count). The van der Waals surface area contributed by atoms with Crippen molar-refractivity contribution in [1.82, 2.24) is 9.62 Å². The van der Waals surface area contributed by atoms with Crippen molar-refractivity contribution in [3.8, 4) is 0 Å². The second kappa shape index (κ2) is 5.51. The number of carboxylic acid groups (broad SMARTS) is 1. The number of carbonyl (C=O) groups excluding carboxylic acids is 1. The van der Waals surface area contributed by atoms with E-state index in [9.17, 15) is 18.0 Å². The Balaban J connectivity index is 2.42. The Morgan fingerprint density at radius 1 is 1.50 bits per heavy atom. The molecule has 2 N–H and O–H groups in total. The lowest BCUT2D eigenvalue weighted by Crippen LogP contribution is -2.44. The number of thiophene rings is 1. The van der Waals surface area contributed by atoms with Gasteiger partial charge in [0.15, 0.2) is 0 Å². The third-order valence-corrected chi connectivity index (χ3v) is 6.14. The Labute approximate surface area is 120 Å². The highest BCUT2D eigenvalue weighted by Crippen LogP contribution is 2.30. The van der Waals surface area contributed by atoms with E-state index in [-0.39, 0.29) is 22.2 Å². The quantitative estimate of drug-likeness (QED) is 0.833. The molecule has 1 aromatic rings. The molecule has 2 heterocycles. The Morgan fingerprint density at radius 2 is 2.20 bits per heavy atom. The molecule has 110 valence electrons. The van der Waals surface area contributed by atoms with E-state index in [1.165, 1.54) is 18.5 Å². The van der Waals surface area contributed by atoms with Gasteiger partial charge in [-0.1, -0.05) is 0 Å². The van der Waals surface area contributed by atoms with E-state index < -0.39 is 22.0 Å². The maximum atomic E-state index is 12.5. The van der Waals surface area contributed by atoms with Crippen molar-refractivity contribution in [2.45, 2.75) is 23.8 Å². The molecule has 1 unspecified atom stereocenters. The van der Waals surface area contributed by atoms with Crippen LogP contribution in [0.15, 0.2) is 16.3 Å². The topological polar surface area (TPSA) is 104 Å². The third kappa shape index (κ3) is 2.43. The van der Waals surface area contributed by atoms with Crippen LogP contribution in [-0.4, -0.2) is 49.3 Å². The molecular weight excluding hydrogens is 304 g/mol. The zero-order chi connectivity index (χ0) is 14.9. The molecule has 0 saturated carbocycles. The van der Waals surface area contributed by atoms with Crippen LogP contribution >= 0.6 is 11.3 Å². The average Bonchev–Trinajstić information content (AvgIpc) is 3.06. The Kier molecular flexibility index (Phi) is 4.11. The van der Waals surface area contributed by atoms with Crippen LogP contribution in [0.1, 0.15) is 22.5 Å². The largest absolute Gasteiger partial charge is 0.477 e. The Bertz CT molecular complexity index is 637. The first-order valence-corrected chi connectivity index (χ1v) is 8.25. The molecule has 0 aliphatic carbocycles. The van der Waals surface area contributed by atoms with Crippen LogP contribution in [0.4, 0.5) is 0 Å². The van der Waals surface area contributed by atoms with E-state index in [1.54, 1.807) is 0 Å². The minimum atomic E-state index is -3.97. The van der Waals surface area contributed by atoms with Gasteiger partial charge >= 0.3 is 5.97 Å². The number of sulfonamides is 1. The van der Waals surface area contributed by atoms with E-state index in [0.29, 0.717) is 12.8 Å². The first-order chi connectivity index (χ1) is 9.39. The van der Waals surface area contributed by atoms with Crippen molar-refractivity contribution >= 4 is 33.2 Å². The van der Waals surface area contributed by atoms with E-state index in [2.05, 4.69) is 5.32 Å². The molecule has 1 amide bonds. The molecule has 0 spiro atoms. The van der Waals surface area contributed by atoms with Crippen molar-refractivity contribution < 1.29 is 23.1 Å². The molecule has 0 bridgehead atoms. The van der Waals surface area contributed by atoms with Gasteiger partial charge in [0.1, 0.15) is 15.8 Å². The predicted octanol–water partition coefficient (Wildman–Crippen LogP) is 0.345. The third-order valence-electron chi connectivity index (χ3n) is 3.16. The summed E-state index contributed by atoms with van der Waals surface area (Å²) in [7, 11) is -2.53. The molecular formula is C11H14N2O5S2. The van der Waals surface area contributed by atoms with Gasteiger partial charge in [0, 0.05) is 13.6 Å². The lowest BCUT2D eigenvalue weighted by molar-refractivity contribution is -0.123. The van der Waals surface area contributed by atoms with Gasteiger partial charge in [0.05, 0.1) is 0 Å². The van der Waals surface area contributed by atoms with Crippen LogP contribution in [0.2, 0.25) is 0 Å². The number of carbonyl (C=O) groups is 2. The minimum Gasteiger partial charge on any atom is -0.477 e. The number of hydrogen-bond acceptors (Lipinski definition) is 5. The molecule has 1 fully saturated rings. The van der Waals surface area contributed by atoms with Crippen molar-refractivity contribution in [2.75, 3.05) is 13.6 Å². The Hall–Kier alpha value is -1.45. The SMILES string of the molecule is CNC(=O)C1CCCN1S(=O)(=O)c1ccsc1C(=O)O. The summed E-state index contributed by atoms with van der Waals surface area (Å²) >= 11 is 0.853. The fourth-order valence-electron chi connectivity index (χ4n) is 2.24. The second-order valence-corrected chi connectivity index (χ2v) is 7.08. The summed E-state index contributed by atoms with van der Waals surface area (Å²) in [5, 5.41) is 12.9. The monoisotopic (exact) mass is 318 g/mol. The standard InChI is InChI=1S/C11H14N2O5S2/c1-12-10(14)7-3-2-5-13(7)20(17,18)8-4-6-19-9(8)11(15)16/h4,6-7H,2-3,5H2,1H3,(H,12,14)(H,15,16). The molecule has 1 saturated heterocycles. The fourth-order valence-corrected chi connectivity index (χ4v) is 5.13. The molecule has 1 aliphatic rings. The van der Waals surface area contributed by atoms with Crippen LogP contribution in [-0.2, 0) is 14.8 Å². The van der Waals surface area contributed by atoms with Crippen LogP contribution in [0, 0.1) is 0 Å². The number of aromatic carboxylic acids is 1. The first-order valence-electron chi connectivity index (χ1n) is 5.94. The highest BCUT2D eigenvalue weighted by atomic mass is 32.2. The first kappa shape index (κ1) is 14.9. The normalized spacial score (nSPS) is 19.9. The van der Waals surface area contributed by atoms with Crippen LogP contribution < -0.4 is 5.32 Å². The van der Waals surface area contributed by atoms with Crippen LogP contribution in [0.25, 0.3) is 0 Å². The average molecular weight is 318 g/mol. The summed E-state index contributed by atoms with van der Waals surface area (Å²) in [5.41, 5.74) is 0. The van der Waals surface area contributed by atoms with E-state index >= 15 is 0 Å². The van der Waals surface area contributed by atoms with Gasteiger partial charge in [-0.2, -0.15) is 4.31 Å². The highest BCUT2D eigenvalue weighted by molar-refractivity contribution is 7.89. The van der Waals surface area contributed by atoms with Crippen molar-refractivity contribution in [1.29, 1.82) is 0 Å². The van der Waals surface area contributed by atoms with E-state index in [0.717, 1.165) is 15.6 Å². The summed E-state index contributed by atoms with van der Waals surface area (Å²) < 4.78 is 26.2. The smallest absolute Gasteiger partial charge is 0.347 e. The van der Waals surface area contributed by atoms with Crippen molar-refractivity contribution in [3.05, 3.63) is 16.3 Å². The Morgan fingerprint density at radius 3 is 2.80 bits per heavy atom. The van der Waals surface area contributed by atoms with Gasteiger partial charge in [-0.3, -0.25) is 4.79 Å². The van der Waals surface area contributed by atoms with Gasteiger partial charge in [0.25, 0.3) is 0 Å². The van der Waals surface area contributed by atoms with Crippen molar-refractivity contribution in [3.63, 3.8) is 0 Å². The van der Waals surface area contributed by atoms with Crippen LogP contribution in [0.5, 0.6) is 0 Å². The summed E-state index contributed by atoms with van der Waals surface area (Å²) in [4.78, 5) is 22.3. The summed E-state index contributed by atoms with van der Waals surface area (Å²) in [5.74, 6) is -1.66. The van der Waals surface area contributed by atoms with Gasteiger partial charge < -0.3 is 10.4 Å². The number of rotatable bonds is 4. The second-order valence-electron chi connectivity index (χ2n) is 4.31. The molecule has 1 aromatic heterocycles. The summed E-state index contributed by atoms with van der Waals surface area (Å²) in [6.07, 6.45) is 1.01. The zero-order valence-corrected chi connectivity index (χ0v) is 12.3. The number of carboxylic acids is 1. The highest BCUT2D eigenvalue weighted by Gasteiger charge is 2.40. The number of amides is 1. The van der Waals surface area contributed by atoms with Gasteiger partial charge in [0.2, 0.25) is 15.9 Å². The van der Waals surface area contributed by atoms with Gasteiger partial charge in [-0.25, -0.2) is 13.2 Å². The molecule has 1 atom stereocenters. The fraction of sp³-hybridized carbons (Fsp3) is 0.455. The lowest BCUT2D eigenvalue weighted by atomic mass is 10.2. The minimum absolute atomic E-state index is 0.218. The number of nitrogens with one attached hydrogen (secondary N) is 1.